The molecule has 10 nitrogen and oxygen atoms in total. The molecule has 5 aliphatic rings. The van der Waals surface area contributed by atoms with Gasteiger partial charge >= 0.3 is 5.97 Å². The summed E-state index contributed by atoms with van der Waals surface area (Å²) in [6.07, 6.45) is 9.55. The molecule has 0 radical (unpaired) electrons. The fraction of sp³-hybridized carbons (Fsp3) is 0.757. The molecule has 4 heterocycles. The summed E-state index contributed by atoms with van der Waals surface area (Å²) >= 11 is 0. The minimum Gasteiger partial charge on any atom is -0.462 e. The van der Waals surface area contributed by atoms with Crippen molar-refractivity contribution in [1.29, 1.82) is 0 Å². The van der Waals surface area contributed by atoms with E-state index in [0.717, 1.165) is 12.0 Å². The zero-order valence-electron chi connectivity index (χ0n) is 29.2. The van der Waals surface area contributed by atoms with E-state index in [4.69, 9.17) is 33.2 Å². The minimum absolute atomic E-state index is 0.0210. The van der Waals surface area contributed by atoms with Crippen molar-refractivity contribution in [2.24, 2.45) is 23.7 Å². The third-order valence-electron chi connectivity index (χ3n) is 10.7. The Morgan fingerprint density at radius 2 is 1.89 bits per heavy atom. The van der Waals surface area contributed by atoms with Crippen LogP contribution in [-0.4, -0.2) is 97.9 Å². The number of allylic oxidation sites excluding steroid dienone is 2. The van der Waals surface area contributed by atoms with Gasteiger partial charge < -0.3 is 43.4 Å². The molecule has 0 unspecified atom stereocenters. The van der Waals surface area contributed by atoms with Crippen LogP contribution >= 0.6 is 0 Å². The van der Waals surface area contributed by atoms with Gasteiger partial charge in [0.2, 0.25) is 0 Å². The minimum atomic E-state index is -1.76. The number of carbonyl (C=O) groups excluding carboxylic acids is 1. The molecule has 264 valence electrons. The number of methoxy groups -OCH3 is 1. The lowest BCUT2D eigenvalue weighted by atomic mass is 9.71. The summed E-state index contributed by atoms with van der Waals surface area (Å²) in [7, 11) is 1.63. The Morgan fingerprint density at radius 1 is 1.11 bits per heavy atom. The van der Waals surface area contributed by atoms with Gasteiger partial charge in [0.1, 0.15) is 36.6 Å². The van der Waals surface area contributed by atoms with Gasteiger partial charge in [0, 0.05) is 32.3 Å². The Morgan fingerprint density at radius 3 is 2.64 bits per heavy atom. The molecule has 0 amide bonds. The van der Waals surface area contributed by atoms with Crippen LogP contribution in [0.3, 0.4) is 0 Å². The van der Waals surface area contributed by atoms with Gasteiger partial charge in [0.05, 0.1) is 38.1 Å². The first kappa shape index (κ1) is 36.4. The maximum Gasteiger partial charge on any atom is 0.316 e. The number of aliphatic hydroxyl groups is 2. The quantitative estimate of drug-likeness (QED) is 0.171. The number of esters is 1. The molecule has 2 N–H and O–H groups in total. The molecule has 0 aromatic rings. The Hall–Kier alpha value is -1.89. The lowest BCUT2D eigenvalue weighted by Gasteiger charge is -2.50. The molecule has 5 rings (SSSR count). The second-order valence-corrected chi connectivity index (χ2v) is 14.6. The van der Waals surface area contributed by atoms with Gasteiger partial charge in [-0.25, -0.2) is 0 Å². The van der Waals surface area contributed by atoms with Crippen molar-refractivity contribution in [3.63, 3.8) is 0 Å². The van der Waals surface area contributed by atoms with Crippen LogP contribution in [0.1, 0.15) is 73.6 Å². The van der Waals surface area contributed by atoms with Crippen molar-refractivity contribution in [2.45, 2.75) is 122 Å². The standard InChI is InChI=1S/C37H56O10/c1-22(2)32-25(5)13-14-36(47-32)19-29-18-28(46-36)12-11-24(4)33(44-21-42-16-15-41-7)23(3)9-8-10-27-20-43-34-31(38)26(6)17-30(35(39)45-29)37(27,34)40/h8-11,17,22-23,25,28-34,38,40H,12-16,18-21H2,1-7H3/b9-8-,24-11-,27-10-/t23-,25-,28+,29-,30-,31+,32+,33-,34+,36+,37+/m0/s1. The van der Waals surface area contributed by atoms with Crippen LogP contribution in [0.25, 0.3) is 0 Å². The molecule has 3 fully saturated rings. The fourth-order valence-corrected chi connectivity index (χ4v) is 8.03. The molecule has 0 aromatic heterocycles. The van der Waals surface area contributed by atoms with Gasteiger partial charge in [-0.2, -0.15) is 0 Å². The average Bonchev–Trinajstić information content (AvgIpc) is 3.37. The van der Waals surface area contributed by atoms with Crippen LogP contribution in [0.4, 0.5) is 0 Å². The predicted molar refractivity (Wildman–Crippen MR) is 175 cm³/mol. The summed E-state index contributed by atoms with van der Waals surface area (Å²) in [4.78, 5) is 14.1. The molecule has 47 heavy (non-hydrogen) atoms. The highest BCUT2D eigenvalue weighted by Crippen LogP contribution is 2.47. The Labute approximate surface area is 280 Å². The third kappa shape index (κ3) is 7.80. The Balaban J connectivity index is 1.51. The van der Waals surface area contributed by atoms with Crippen molar-refractivity contribution >= 4 is 5.97 Å². The highest BCUT2D eigenvalue weighted by Gasteiger charge is 2.60. The van der Waals surface area contributed by atoms with E-state index in [1.807, 2.05) is 12.2 Å². The van der Waals surface area contributed by atoms with Crippen molar-refractivity contribution in [1.82, 2.24) is 0 Å². The predicted octanol–water partition coefficient (Wildman–Crippen LogP) is 4.79. The van der Waals surface area contributed by atoms with Crippen molar-refractivity contribution < 1.29 is 48.2 Å². The molecule has 0 saturated carbocycles. The second kappa shape index (κ2) is 15.3. The van der Waals surface area contributed by atoms with Crippen molar-refractivity contribution in [3.05, 3.63) is 47.1 Å². The average molecular weight is 661 g/mol. The number of hydrogen-bond acceptors (Lipinski definition) is 10. The van der Waals surface area contributed by atoms with Crippen LogP contribution in [-0.2, 0) is 38.0 Å². The van der Waals surface area contributed by atoms with E-state index in [1.54, 1.807) is 26.2 Å². The highest BCUT2D eigenvalue weighted by atomic mass is 16.7. The zero-order valence-corrected chi connectivity index (χ0v) is 29.2. The van der Waals surface area contributed by atoms with Gasteiger partial charge in [-0.1, -0.05) is 58.1 Å². The van der Waals surface area contributed by atoms with Crippen LogP contribution in [0, 0.1) is 23.7 Å². The van der Waals surface area contributed by atoms with Gasteiger partial charge in [-0.3, -0.25) is 4.79 Å². The lowest BCUT2D eigenvalue weighted by molar-refractivity contribution is -0.340. The highest BCUT2D eigenvalue weighted by molar-refractivity contribution is 5.78. The first-order valence-corrected chi connectivity index (χ1v) is 17.4. The monoisotopic (exact) mass is 660 g/mol. The summed E-state index contributed by atoms with van der Waals surface area (Å²) < 4.78 is 42.9. The molecule has 1 spiro atoms. The summed E-state index contributed by atoms with van der Waals surface area (Å²) in [5.74, 6) is -1.83. The lowest BCUT2D eigenvalue weighted by Crippen LogP contribution is -2.58. The smallest absolute Gasteiger partial charge is 0.316 e. The molecule has 11 atom stereocenters. The first-order chi connectivity index (χ1) is 22.4. The number of aliphatic hydroxyl groups excluding tert-OH is 1. The number of hydrogen-bond donors (Lipinski definition) is 2. The SMILES string of the molecule is COCCOCO[C@@H]1/C(C)=C\C[C@@H]2C[C@@H](C[C@]3(CC[C@H](C)[C@@H](C(C)C)O3)O2)OC(=O)[C@@H]2C=C(C)[C@@H](O)[C@H]3OC/C(=C/C=C\[C@@H]1C)[C@]32O. The summed E-state index contributed by atoms with van der Waals surface area (Å²) in [5, 5.41) is 23.3. The zero-order chi connectivity index (χ0) is 33.9. The van der Waals surface area contributed by atoms with Gasteiger partial charge in [0.25, 0.3) is 0 Å². The van der Waals surface area contributed by atoms with E-state index in [1.165, 1.54) is 0 Å². The maximum absolute atomic E-state index is 14.1. The molecule has 3 saturated heterocycles. The molecular formula is C37H56O10. The molecule has 10 heteroatoms. The topological polar surface area (TPSA) is 122 Å². The molecule has 0 aromatic carbocycles. The van der Waals surface area contributed by atoms with E-state index < -0.39 is 41.6 Å². The molecule has 1 aliphatic carbocycles. The van der Waals surface area contributed by atoms with E-state index in [-0.39, 0.29) is 37.6 Å². The number of fused-ring (bicyclic) bond motifs is 2. The van der Waals surface area contributed by atoms with Gasteiger partial charge in [-0.05, 0) is 55.2 Å². The summed E-state index contributed by atoms with van der Waals surface area (Å²) in [6.45, 7) is 13.5. The number of carbonyl (C=O) groups is 1. The molecule has 4 aliphatic heterocycles. The fourth-order valence-electron chi connectivity index (χ4n) is 8.03. The van der Waals surface area contributed by atoms with E-state index >= 15 is 0 Å². The van der Waals surface area contributed by atoms with E-state index in [9.17, 15) is 15.0 Å². The number of ether oxygens (including phenoxy) is 7. The maximum atomic E-state index is 14.1. The van der Waals surface area contributed by atoms with E-state index in [0.29, 0.717) is 61.9 Å². The normalized spacial score (nSPS) is 44.2. The van der Waals surface area contributed by atoms with Crippen molar-refractivity contribution in [3.8, 4) is 0 Å². The van der Waals surface area contributed by atoms with E-state index in [2.05, 4.69) is 40.7 Å². The van der Waals surface area contributed by atoms with Crippen LogP contribution in [0.5, 0.6) is 0 Å². The van der Waals surface area contributed by atoms with Crippen molar-refractivity contribution in [2.75, 3.05) is 33.7 Å². The second-order valence-electron chi connectivity index (χ2n) is 14.6. The first-order valence-electron chi connectivity index (χ1n) is 17.4. The Kier molecular flexibility index (Phi) is 11.9. The molecular weight excluding hydrogens is 604 g/mol. The van der Waals surface area contributed by atoms with Gasteiger partial charge in [0.15, 0.2) is 5.79 Å². The largest absolute Gasteiger partial charge is 0.462 e. The molecule has 2 bridgehead atoms. The summed E-state index contributed by atoms with van der Waals surface area (Å²) in [6, 6.07) is 0. The van der Waals surface area contributed by atoms with Gasteiger partial charge in [-0.15, -0.1) is 0 Å². The Bertz CT molecular complexity index is 1220. The van der Waals surface area contributed by atoms with Crippen LogP contribution in [0.15, 0.2) is 47.1 Å². The van der Waals surface area contributed by atoms with Crippen LogP contribution in [0.2, 0.25) is 0 Å². The number of rotatable bonds is 7. The summed E-state index contributed by atoms with van der Waals surface area (Å²) in [5.41, 5.74) is 0.358. The third-order valence-corrected chi connectivity index (χ3v) is 10.7. The van der Waals surface area contributed by atoms with Crippen LogP contribution < -0.4 is 0 Å².